The quantitative estimate of drug-likeness (QED) is 0.378. The highest BCUT2D eigenvalue weighted by molar-refractivity contribution is 5.66. The van der Waals surface area contributed by atoms with Gasteiger partial charge in [-0.3, -0.25) is 4.79 Å². The Bertz CT molecular complexity index is 1090. The van der Waals surface area contributed by atoms with Gasteiger partial charge in [0.15, 0.2) is 6.10 Å². The van der Waals surface area contributed by atoms with E-state index in [0.717, 1.165) is 16.7 Å². The van der Waals surface area contributed by atoms with Gasteiger partial charge in [0.1, 0.15) is 37.3 Å². The second-order valence-electron chi connectivity index (χ2n) is 9.16. The molecule has 5 rings (SSSR count). The van der Waals surface area contributed by atoms with Crippen molar-refractivity contribution in [3.8, 4) is 0 Å². The summed E-state index contributed by atoms with van der Waals surface area (Å²) in [4.78, 5) is 12.2. The van der Waals surface area contributed by atoms with Crippen molar-refractivity contribution in [3.63, 3.8) is 0 Å². The van der Waals surface area contributed by atoms with E-state index >= 15 is 0 Å². The number of ether oxygens (including phenoxy) is 6. The van der Waals surface area contributed by atoms with Gasteiger partial charge < -0.3 is 28.4 Å². The summed E-state index contributed by atoms with van der Waals surface area (Å²) in [5.74, 6) is -0.472. The van der Waals surface area contributed by atoms with Crippen molar-refractivity contribution < 1.29 is 34.6 Å². The molecule has 0 aromatic heterocycles. The first-order valence-corrected chi connectivity index (χ1v) is 12.5. The van der Waals surface area contributed by atoms with Crippen LogP contribution in [0.1, 0.15) is 25.0 Å². The van der Waals surface area contributed by atoms with Crippen LogP contribution < -0.4 is 0 Å². The van der Waals surface area contributed by atoms with Gasteiger partial charge in [0.2, 0.25) is 0 Å². The SMILES string of the molecule is [2H]C1O[C@@H]2C(OCc3ccccc3)[C@H](O1)[C@@H](OCc1ccccc1)C(OC(C)=O)[C@H]2OCc1ccccc1. The molecule has 3 aromatic rings. The first kappa shape index (κ1) is 24.3. The zero-order chi connectivity index (χ0) is 26.3. The fourth-order valence-corrected chi connectivity index (χ4v) is 4.79. The number of rotatable bonds is 10. The molecule has 194 valence electrons. The summed E-state index contributed by atoms with van der Waals surface area (Å²) in [5.41, 5.74) is 2.89. The van der Waals surface area contributed by atoms with Gasteiger partial charge >= 0.3 is 5.97 Å². The molecule has 1 saturated carbocycles. The molecule has 2 fully saturated rings. The average Bonchev–Trinajstić information content (AvgIpc) is 2.93. The lowest BCUT2D eigenvalue weighted by molar-refractivity contribution is -0.340. The minimum atomic E-state index is -1.26. The molecule has 0 spiro atoms. The third-order valence-electron chi connectivity index (χ3n) is 6.53. The van der Waals surface area contributed by atoms with Crippen molar-refractivity contribution in [1.82, 2.24) is 0 Å². The summed E-state index contributed by atoms with van der Waals surface area (Å²) in [7, 11) is 0. The van der Waals surface area contributed by atoms with Crippen LogP contribution in [0.2, 0.25) is 0 Å². The van der Waals surface area contributed by atoms with E-state index in [4.69, 9.17) is 29.8 Å². The van der Waals surface area contributed by atoms with Crippen LogP contribution in [0.15, 0.2) is 91.0 Å². The molecular weight excluding hydrogens is 472 g/mol. The van der Waals surface area contributed by atoms with E-state index in [0.29, 0.717) is 6.61 Å². The van der Waals surface area contributed by atoms with Gasteiger partial charge in [0, 0.05) is 6.92 Å². The first-order valence-electron chi connectivity index (χ1n) is 13.0. The molecule has 1 aliphatic carbocycles. The van der Waals surface area contributed by atoms with E-state index < -0.39 is 49.4 Å². The van der Waals surface area contributed by atoms with E-state index in [1.807, 2.05) is 91.0 Å². The number of hydrogen-bond acceptors (Lipinski definition) is 7. The van der Waals surface area contributed by atoms with E-state index in [1.165, 1.54) is 6.92 Å². The largest absolute Gasteiger partial charge is 0.457 e. The molecule has 7 heteroatoms. The predicted molar refractivity (Wildman–Crippen MR) is 135 cm³/mol. The average molecular weight is 506 g/mol. The van der Waals surface area contributed by atoms with Gasteiger partial charge in [0.25, 0.3) is 0 Å². The van der Waals surface area contributed by atoms with Gasteiger partial charge in [-0.1, -0.05) is 91.0 Å². The fourth-order valence-electron chi connectivity index (χ4n) is 4.79. The topological polar surface area (TPSA) is 72.5 Å². The molecule has 2 bridgehead atoms. The summed E-state index contributed by atoms with van der Waals surface area (Å²) in [6.45, 7) is 0.918. The molecule has 0 radical (unpaired) electrons. The van der Waals surface area contributed by atoms with Crippen LogP contribution in [0.4, 0.5) is 0 Å². The zero-order valence-electron chi connectivity index (χ0n) is 21.7. The Morgan fingerprint density at radius 2 is 1.05 bits per heavy atom. The van der Waals surface area contributed by atoms with Crippen LogP contribution in [0.5, 0.6) is 0 Å². The Kier molecular flexibility index (Phi) is 8.17. The monoisotopic (exact) mass is 505 g/mol. The minimum Gasteiger partial charge on any atom is -0.457 e. The molecule has 7 nitrogen and oxygen atoms in total. The maximum absolute atomic E-state index is 12.2. The standard InChI is InChI=1S/C30H32O7/c1-21(31)37-30-28(33-18-23-13-7-3-8-14-23)26-25(32-17-22-11-5-2-6-12-22)27(36-20-35-26)29(30)34-19-24-15-9-4-10-16-24/h2-16,25-30H,17-20H2,1H3/t25?,26-,27+,28+,29-,30?/i20D/t20?,25?,26-,27+,28+,29-,30?. The Morgan fingerprint density at radius 3 is 1.43 bits per heavy atom. The summed E-state index contributed by atoms with van der Waals surface area (Å²) in [6, 6.07) is 29.2. The van der Waals surface area contributed by atoms with Gasteiger partial charge in [0.05, 0.1) is 21.2 Å². The van der Waals surface area contributed by atoms with Crippen molar-refractivity contribution in [2.45, 2.75) is 63.4 Å². The van der Waals surface area contributed by atoms with Crippen molar-refractivity contribution >= 4 is 5.97 Å². The second kappa shape index (κ2) is 12.4. The van der Waals surface area contributed by atoms with Gasteiger partial charge in [-0.25, -0.2) is 0 Å². The molecular formula is C30H32O7. The first-order chi connectivity index (χ1) is 18.6. The van der Waals surface area contributed by atoms with E-state index in [2.05, 4.69) is 0 Å². The van der Waals surface area contributed by atoms with Crippen molar-refractivity contribution in [2.75, 3.05) is 6.77 Å². The number of esters is 1. The molecule has 3 unspecified atom stereocenters. The Labute approximate surface area is 218 Å². The second-order valence-corrected chi connectivity index (χ2v) is 9.16. The normalized spacial score (nSPS) is 29.3. The van der Waals surface area contributed by atoms with E-state index in [1.54, 1.807) is 0 Å². The molecule has 0 amide bonds. The Balaban J connectivity index is 1.45. The summed E-state index contributed by atoms with van der Waals surface area (Å²) < 4.78 is 45.1. The van der Waals surface area contributed by atoms with E-state index in [-0.39, 0.29) is 13.2 Å². The van der Waals surface area contributed by atoms with Crippen LogP contribution in [0.25, 0.3) is 0 Å². The highest BCUT2D eigenvalue weighted by atomic mass is 16.7. The summed E-state index contributed by atoms with van der Waals surface area (Å²) >= 11 is 0. The fraction of sp³-hybridized carbons (Fsp3) is 0.367. The number of benzene rings is 3. The minimum absolute atomic E-state index is 0.258. The Hall–Kier alpha value is -3.07. The van der Waals surface area contributed by atoms with Crippen molar-refractivity contribution in [1.29, 1.82) is 0 Å². The molecule has 1 aliphatic heterocycles. The third kappa shape index (κ3) is 6.44. The highest BCUT2D eigenvalue weighted by Gasteiger charge is 2.57. The van der Waals surface area contributed by atoms with Crippen molar-refractivity contribution in [3.05, 3.63) is 108 Å². The van der Waals surface area contributed by atoms with Crippen LogP contribution in [0, 0.1) is 0 Å². The maximum Gasteiger partial charge on any atom is 0.303 e. The summed E-state index contributed by atoms with van der Waals surface area (Å²) in [5, 5.41) is 0. The highest BCUT2D eigenvalue weighted by Crippen LogP contribution is 2.37. The van der Waals surface area contributed by atoms with Crippen LogP contribution in [-0.4, -0.2) is 49.4 Å². The molecule has 0 N–H and O–H groups in total. The van der Waals surface area contributed by atoms with Crippen LogP contribution in [-0.2, 0) is 53.0 Å². The summed E-state index contributed by atoms with van der Waals surface area (Å²) in [6.07, 6.45) is -4.40. The van der Waals surface area contributed by atoms with Gasteiger partial charge in [-0.05, 0) is 16.7 Å². The Morgan fingerprint density at radius 1 is 0.676 bits per heavy atom. The zero-order valence-corrected chi connectivity index (χ0v) is 20.7. The van der Waals surface area contributed by atoms with E-state index in [9.17, 15) is 4.79 Å². The third-order valence-corrected chi connectivity index (χ3v) is 6.53. The number of hydrogen-bond donors (Lipinski definition) is 0. The smallest absolute Gasteiger partial charge is 0.303 e. The van der Waals surface area contributed by atoms with Crippen LogP contribution in [0.3, 0.4) is 0 Å². The van der Waals surface area contributed by atoms with Crippen LogP contribution >= 0.6 is 0 Å². The maximum atomic E-state index is 12.2. The van der Waals surface area contributed by atoms with Gasteiger partial charge in [-0.15, -0.1) is 0 Å². The van der Waals surface area contributed by atoms with Gasteiger partial charge in [-0.2, -0.15) is 0 Å². The molecule has 37 heavy (non-hydrogen) atoms. The lowest BCUT2D eigenvalue weighted by Crippen LogP contribution is -2.70. The number of carbonyl (C=O) groups is 1. The number of fused-ring (bicyclic) bond motifs is 2. The molecule has 1 heterocycles. The lowest BCUT2D eigenvalue weighted by atomic mass is 9.83. The molecule has 7 atom stereocenters. The number of carbonyl (C=O) groups excluding carboxylic acids is 1. The molecule has 2 aliphatic rings. The van der Waals surface area contributed by atoms with Crippen molar-refractivity contribution in [2.24, 2.45) is 0 Å². The predicted octanol–water partition coefficient (Wildman–Crippen LogP) is 4.43. The molecule has 1 saturated heterocycles. The molecule has 3 aromatic carbocycles. The lowest BCUT2D eigenvalue weighted by Gasteiger charge is -2.51.